The molecule has 7 rings (SSSR count). The number of nitrogens with one attached hydrogen (secondary N) is 1. The zero-order chi connectivity index (χ0) is 29.8. The maximum Gasteiger partial charge on any atom is 0.422 e. The van der Waals surface area contributed by atoms with E-state index in [-0.39, 0.29) is 39.4 Å². The zero-order valence-electron chi connectivity index (χ0n) is 22.9. The Morgan fingerprint density at radius 2 is 1.69 bits per heavy atom. The summed E-state index contributed by atoms with van der Waals surface area (Å²) in [6.45, 7) is -1.56. The van der Waals surface area contributed by atoms with Crippen molar-refractivity contribution in [2.24, 2.45) is 11.3 Å². The van der Waals surface area contributed by atoms with Gasteiger partial charge in [-0.15, -0.1) is 0 Å². The van der Waals surface area contributed by atoms with Crippen LogP contribution < -0.4 is 14.8 Å². The summed E-state index contributed by atoms with van der Waals surface area (Å²) < 4.78 is 70.0. The van der Waals surface area contributed by atoms with Gasteiger partial charge in [-0.2, -0.15) is 13.2 Å². The molecule has 42 heavy (non-hydrogen) atoms. The van der Waals surface area contributed by atoms with Gasteiger partial charge in [-0.3, -0.25) is 9.59 Å². The molecule has 3 aliphatic rings. The molecule has 0 radical (unpaired) electrons. The van der Waals surface area contributed by atoms with Crippen LogP contribution in [0.2, 0.25) is 0 Å². The molecule has 1 N–H and O–H groups in total. The van der Waals surface area contributed by atoms with E-state index in [9.17, 15) is 27.2 Å². The normalized spacial score (nSPS) is 19.1. The molecule has 1 amide bonds. The molecule has 3 fully saturated rings. The summed E-state index contributed by atoms with van der Waals surface area (Å²) in [5.41, 5.74) is 1.62. The Morgan fingerprint density at radius 1 is 1.00 bits per heavy atom. The van der Waals surface area contributed by atoms with Crippen LogP contribution in [0.3, 0.4) is 0 Å². The number of Topliss-reactive ketones (excluding diaryl/α,β-unsaturated/α-hetero) is 1. The minimum Gasteiger partial charge on any atom is -0.496 e. The van der Waals surface area contributed by atoms with Gasteiger partial charge in [0, 0.05) is 36.0 Å². The highest BCUT2D eigenvalue weighted by atomic mass is 19.4. The number of carbonyl (C=O) groups is 2. The number of ether oxygens (including phenoxy) is 2. The van der Waals surface area contributed by atoms with Gasteiger partial charge in [0.15, 0.2) is 12.4 Å². The van der Waals surface area contributed by atoms with Gasteiger partial charge in [-0.05, 0) is 78.6 Å². The van der Waals surface area contributed by atoms with E-state index < -0.39 is 24.5 Å². The van der Waals surface area contributed by atoms with Crippen molar-refractivity contribution < 1.29 is 41.0 Å². The fourth-order valence-electron chi connectivity index (χ4n) is 6.19. The Kier molecular flexibility index (Phi) is 6.74. The topological polar surface area (TPSA) is 77.8 Å². The summed E-state index contributed by atoms with van der Waals surface area (Å²) in [6.07, 6.45) is -1.14. The summed E-state index contributed by atoms with van der Waals surface area (Å²) in [4.78, 5) is 26.5. The van der Waals surface area contributed by atoms with E-state index in [4.69, 9.17) is 13.9 Å². The Hall–Kier alpha value is -4.34. The van der Waals surface area contributed by atoms with E-state index in [2.05, 4.69) is 5.32 Å². The molecule has 0 unspecified atom stereocenters. The minimum absolute atomic E-state index is 0.0403. The third kappa shape index (κ3) is 4.99. The molecule has 0 spiro atoms. The molecule has 1 heterocycles. The van der Waals surface area contributed by atoms with Gasteiger partial charge in [-0.25, -0.2) is 4.39 Å². The number of amides is 1. The molecule has 2 bridgehead atoms. The Labute approximate surface area is 238 Å². The summed E-state index contributed by atoms with van der Waals surface area (Å²) >= 11 is 0. The van der Waals surface area contributed by atoms with Gasteiger partial charge in [0.05, 0.1) is 18.2 Å². The lowest BCUT2D eigenvalue weighted by Crippen LogP contribution is -2.52. The van der Waals surface area contributed by atoms with Crippen LogP contribution in [0.5, 0.6) is 11.5 Å². The molecule has 1 aromatic heterocycles. The molecule has 3 aliphatic carbocycles. The van der Waals surface area contributed by atoms with Crippen LogP contribution in [-0.2, 0) is 0 Å². The highest BCUT2D eigenvalue weighted by Gasteiger charge is 2.57. The largest absolute Gasteiger partial charge is 0.496 e. The van der Waals surface area contributed by atoms with Crippen molar-refractivity contribution >= 4 is 22.7 Å². The summed E-state index contributed by atoms with van der Waals surface area (Å²) in [5.74, 6) is -0.0539. The van der Waals surface area contributed by atoms with Crippen molar-refractivity contribution in [3.63, 3.8) is 0 Å². The Bertz CT molecular complexity index is 1690. The molecule has 10 heteroatoms. The molecule has 0 saturated heterocycles. The third-order valence-electron chi connectivity index (χ3n) is 8.25. The molecule has 3 aromatic carbocycles. The molecule has 6 nitrogen and oxygen atoms in total. The van der Waals surface area contributed by atoms with Crippen LogP contribution in [0.4, 0.5) is 17.6 Å². The fraction of sp³-hybridized carbons (Fsp3) is 0.312. The highest BCUT2D eigenvalue weighted by Crippen LogP contribution is 2.66. The first-order valence-electron chi connectivity index (χ1n) is 13.5. The summed E-state index contributed by atoms with van der Waals surface area (Å²) in [5, 5.41) is 2.87. The molecule has 0 aliphatic heterocycles. The van der Waals surface area contributed by atoms with Gasteiger partial charge in [0.2, 0.25) is 0 Å². The maximum atomic E-state index is 13.6. The fourth-order valence-corrected chi connectivity index (χ4v) is 6.19. The number of ketones is 1. The van der Waals surface area contributed by atoms with Crippen LogP contribution >= 0.6 is 0 Å². The number of benzene rings is 3. The molecule has 0 atom stereocenters. The summed E-state index contributed by atoms with van der Waals surface area (Å²) in [7, 11) is 2.89. The molecule has 218 valence electrons. The number of furan rings is 1. The van der Waals surface area contributed by atoms with Crippen molar-refractivity contribution in [1.82, 2.24) is 5.32 Å². The lowest BCUT2D eigenvalue weighted by molar-refractivity contribution is -0.153. The first-order valence-corrected chi connectivity index (χ1v) is 13.5. The number of hydrogen-bond acceptors (Lipinski definition) is 5. The van der Waals surface area contributed by atoms with Crippen molar-refractivity contribution in [3.8, 4) is 33.9 Å². The van der Waals surface area contributed by atoms with Crippen LogP contribution in [0, 0.1) is 17.2 Å². The molecule has 4 aromatic rings. The second-order valence-electron chi connectivity index (χ2n) is 11.1. The number of fused-ring (bicyclic) bond motifs is 1. The first kappa shape index (κ1) is 27.8. The lowest BCUT2D eigenvalue weighted by Gasteiger charge is -2.62. The average Bonchev–Trinajstić information content (AvgIpc) is 3.30. The van der Waals surface area contributed by atoms with Crippen LogP contribution in [-0.4, -0.2) is 38.6 Å². The predicted molar refractivity (Wildman–Crippen MR) is 147 cm³/mol. The third-order valence-corrected chi connectivity index (χ3v) is 8.25. The Balaban J connectivity index is 1.51. The number of methoxy groups -OCH3 is 1. The Morgan fingerprint density at radius 3 is 2.29 bits per heavy atom. The van der Waals surface area contributed by atoms with E-state index in [1.165, 1.54) is 50.6 Å². The monoisotopic (exact) mass is 581 g/mol. The van der Waals surface area contributed by atoms with Crippen LogP contribution in [0.15, 0.2) is 59.0 Å². The van der Waals surface area contributed by atoms with E-state index in [0.29, 0.717) is 40.2 Å². The van der Waals surface area contributed by atoms with Gasteiger partial charge in [0.1, 0.15) is 28.7 Å². The minimum atomic E-state index is -4.62. The van der Waals surface area contributed by atoms with E-state index in [0.717, 1.165) is 19.3 Å². The maximum absolute atomic E-state index is 13.6. The van der Waals surface area contributed by atoms with Crippen LogP contribution in [0.1, 0.15) is 46.4 Å². The highest BCUT2D eigenvalue weighted by molar-refractivity contribution is 6.12. The lowest BCUT2D eigenvalue weighted by atomic mass is 9.43. The predicted octanol–water partition coefficient (Wildman–Crippen LogP) is 7.59. The SMILES string of the molecule is CNC(=O)c1c(-c2ccc(F)cc2)oc2cc(OCC(F)(F)F)c(-c3ccc(OC)c(C(=O)CC45CC(C4)C5)c3)cc12. The van der Waals surface area contributed by atoms with Gasteiger partial charge in [-0.1, -0.05) is 6.07 Å². The van der Waals surface area contributed by atoms with Crippen molar-refractivity contribution in [3.05, 3.63) is 71.5 Å². The van der Waals surface area contributed by atoms with Gasteiger partial charge in [0.25, 0.3) is 5.91 Å². The number of halogens is 4. The molecular formula is C32H27F4NO5. The number of alkyl halides is 3. The van der Waals surface area contributed by atoms with E-state index in [1.54, 1.807) is 18.2 Å². The number of carbonyl (C=O) groups excluding carboxylic acids is 2. The molecular weight excluding hydrogens is 554 g/mol. The van der Waals surface area contributed by atoms with E-state index >= 15 is 0 Å². The summed E-state index contributed by atoms with van der Waals surface area (Å²) in [6, 6.07) is 12.9. The quantitative estimate of drug-likeness (QED) is 0.163. The average molecular weight is 582 g/mol. The number of hydrogen-bond donors (Lipinski definition) is 1. The van der Waals surface area contributed by atoms with Gasteiger partial charge >= 0.3 is 6.18 Å². The number of rotatable bonds is 9. The van der Waals surface area contributed by atoms with Crippen LogP contribution in [0.25, 0.3) is 33.4 Å². The zero-order valence-corrected chi connectivity index (χ0v) is 22.9. The van der Waals surface area contributed by atoms with Crippen molar-refractivity contribution in [1.29, 1.82) is 0 Å². The second kappa shape index (κ2) is 10.2. The van der Waals surface area contributed by atoms with Crippen molar-refractivity contribution in [2.75, 3.05) is 20.8 Å². The smallest absolute Gasteiger partial charge is 0.422 e. The van der Waals surface area contributed by atoms with E-state index in [1.807, 2.05) is 0 Å². The molecule has 3 saturated carbocycles. The second-order valence-corrected chi connectivity index (χ2v) is 11.1. The van der Waals surface area contributed by atoms with Crippen molar-refractivity contribution in [2.45, 2.75) is 31.9 Å². The first-order chi connectivity index (χ1) is 20.0. The van der Waals surface area contributed by atoms with Gasteiger partial charge < -0.3 is 19.2 Å². The standard InChI is InChI=1S/C32H27F4NO5/c1-37-30(39)28-23-10-21(19-5-8-25(40-2)22(9-19)24(38)15-31-12-17(13-31)14-31)26(41-16-32(34,35)36)11-27(23)42-29(28)18-3-6-20(33)7-4-18/h3-11,17H,12-16H2,1-2H3,(H,37,39).